The molecule has 1 fully saturated rings. The summed E-state index contributed by atoms with van der Waals surface area (Å²) in [5.74, 6) is 0. The van der Waals surface area contributed by atoms with E-state index >= 15 is 0 Å². The summed E-state index contributed by atoms with van der Waals surface area (Å²) in [6.45, 7) is 8.14. The van der Waals surface area contributed by atoms with Gasteiger partial charge in [-0.25, -0.2) is 0 Å². The third kappa shape index (κ3) is 3.39. The lowest BCUT2D eigenvalue weighted by molar-refractivity contribution is 0.204. The zero-order valence-corrected chi connectivity index (χ0v) is 12.8. The predicted molar refractivity (Wildman–Crippen MR) is 82.3 cm³/mol. The molecule has 0 bridgehead atoms. The molecule has 0 saturated heterocycles. The van der Waals surface area contributed by atoms with Gasteiger partial charge in [-0.2, -0.15) is 5.26 Å². The summed E-state index contributed by atoms with van der Waals surface area (Å²) in [5.41, 5.74) is 0.448. The lowest BCUT2D eigenvalue weighted by Gasteiger charge is -2.35. The van der Waals surface area contributed by atoms with Crippen molar-refractivity contribution >= 4 is 0 Å². The minimum absolute atomic E-state index is 0.271. The molecular formula is C17H25N3. The monoisotopic (exact) mass is 271 g/mol. The van der Waals surface area contributed by atoms with Crippen LogP contribution in [0.5, 0.6) is 0 Å². The zero-order chi connectivity index (χ0) is 14.6. The lowest BCUT2D eigenvalue weighted by atomic mass is 9.89. The van der Waals surface area contributed by atoms with Crippen molar-refractivity contribution in [3.05, 3.63) is 35.9 Å². The van der Waals surface area contributed by atoms with Crippen molar-refractivity contribution in [2.24, 2.45) is 0 Å². The number of hydrogen-bond acceptors (Lipinski definition) is 3. The molecule has 1 unspecified atom stereocenters. The van der Waals surface area contributed by atoms with Gasteiger partial charge in [0.25, 0.3) is 0 Å². The van der Waals surface area contributed by atoms with Gasteiger partial charge in [-0.15, -0.1) is 0 Å². The van der Waals surface area contributed by atoms with Crippen LogP contribution in [0, 0.1) is 11.3 Å². The molecule has 1 aliphatic carbocycles. The minimum atomic E-state index is -0.617. The Morgan fingerprint density at radius 3 is 2.45 bits per heavy atom. The fraction of sp³-hybridized carbons (Fsp3) is 0.588. The van der Waals surface area contributed by atoms with Crippen molar-refractivity contribution in [2.45, 2.75) is 51.2 Å². The second kappa shape index (κ2) is 6.39. The van der Waals surface area contributed by atoms with Crippen LogP contribution in [0.1, 0.15) is 39.2 Å². The van der Waals surface area contributed by atoms with Crippen molar-refractivity contribution < 1.29 is 0 Å². The quantitative estimate of drug-likeness (QED) is 0.829. The summed E-state index contributed by atoms with van der Waals surface area (Å²) in [6, 6.07) is 13.6. The van der Waals surface area contributed by atoms with Gasteiger partial charge in [0.05, 0.1) is 6.07 Å². The number of hydrogen-bond donors (Lipinski definition) is 1. The Morgan fingerprint density at radius 1 is 1.35 bits per heavy atom. The predicted octanol–water partition coefficient (Wildman–Crippen LogP) is 2.89. The van der Waals surface area contributed by atoms with Crippen LogP contribution in [-0.4, -0.2) is 30.1 Å². The molecular weight excluding hydrogens is 246 g/mol. The van der Waals surface area contributed by atoms with Crippen molar-refractivity contribution in [1.29, 1.82) is 5.26 Å². The maximum absolute atomic E-state index is 9.89. The van der Waals surface area contributed by atoms with Crippen LogP contribution in [0.3, 0.4) is 0 Å². The molecule has 0 spiro atoms. The number of rotatable bonds is 7. The average molecular weight is 271 g/mol. The van der Waals surface area contributed by atoms with Gasteiger partial charge in [0, 0.05) is 18.6 Å². The third-order valence-corrected chi connectivity index (χ3v) is 3.90. The first-order valence-electron chi connectivity index (χ1n) is 7.60. The molecule has 1 aromatic carbocycles. The Kier molecular flexibility index (Phi) is 4.80. The molecule has 1 aliphatic rings. The van der Waals surface area contributed by atoms with E-state index in [-0.39, 0.29) is 6.04 Å². The van der Waals surface area contributed by atoms with E-state index in [4.69, 9.17) is 0 Å². The van der Waals surface area contributed by atoms with Crippen LogP contribution in [0.2, 0.25) is 0 Å². The Balaban J connectivity index is 2.29. The molecule has 108 valence electrons. The third-order valence-electron chi connectivity index (χ3n) is 3.90. The van der Waals surface area contributed by atoms with E-state index in [9.17, 15) is 5.26 Å². The first-order chi connectivity index (χ1) is 9.61. The van der Waals surface area contributed by atoms with Gasteiger partial charge in [0.2, 0.25) is 0 Å². The lowest BCUT2D eigenvalue weighted by Crippen LogP contribution is -2.53. The van der Waals surface area contributed by atoms with Crippen LogP contribution >= 0.6 is 0 Å². The number of nitrogens with one attached hydrogen (secondary N) is 1. The second-order valence-corrected chi connectivity index (χ2v) is 5.98. The van der Waals surface area contributed by atoms with Crippen molar-refractivity contribution in [1.82, 2.24) is 10.2 Å². The van der Waals surface area contributed by atoms with Crippen LogP contribution in [-0.2, 0) is 5.54 Å². The Bertz CT molecular complexity index is 459. The van der Waals surface area contributed by atoms with E-state index in [1.54, 1.807) is 0 Å². The van der Waals surface area contributed by atoms with Gasteiger partial charge >= 0.3 is 0 Å². The highest BCUT2D eigenvalue weighted by molar-refractivity contribution is 5.32. The average Bonchev–Trinajstić information content (AvgIpc) is 3.28. The van der Waals surface area contributed by atoms with Crippen molar-refractivity contribution in [2.75, 3.05) is 13.1 Å². The zero-order valence-electron chi connectivity index (χ0n) is 12.8. The van der Waals surface area contributed by atoms with Gasteiger partial charge in [-0.05, 0) is 38.8 Å². The molecule has 0 aromatic heterocycles. The fourth-order valence-electron chi connectivity index (χ4n) is 2.81. The number of likely N-dealkylation sites (N-methyl/N-ethyl adjacent to an activating group) is 1. The Morgan fingerprint density at radius 2 is 2.00 bits per heavy atom. The molecule has 0 heterocycles. The summed E-state index contributed by atoms with van der Waals surface area (Å²) >= 11 is 0. The minimum Gasteiger partial charge on any atom is -0.297 e. The summed E-state index contributed by atoms with van der Waals surface area (Å²) in [6.07, 6.45) is 2.54. The van der Waals surface area contributed by atoms with Crippen LogP contribution in [0.4, 0.5) is 0 Å². The molecule has 1 N–H and O–H groups in total. The number of nitrogens with zero attached hydrogens (tertiary/aromatic N) is 2. The van der Waals surface area contributed by atoms with E-state index in [0.717, 1.165) is 18.7 Å². The van der Waals surface area contributed by atoms with E-state index in [1.165, 1.54) is 12.8 Å². The van der Waals surface area contributed by atoms with Crippen LogP contribution in [0.25, 0.3) is 0 Å². The molecule has 1 saturated carbocycles. The smallest absolute Gasteiger partial charge is 0.145 e. The molecule has 0 aliphatic heterocycles. The molecule has 1 atom stereocenters. The molecule has 0 amide bonds. The fourth-order valence-corrected chi connectivity index (χ4v) is 2.81. The van der Waals surface area contributed by atoms with Gasteiger partial charge in [-0.1, -0.05) is 37.3 Å². The van der Waals surface area contributed by atoms with E-state index in [2.05, 4.69) is 49.2 Å². The van der Waals surface area contributed by atoms with Gasteiger partial charge < -0.3 is 0 Å². The standard InChI is InChI=1S/C17H25N3/c1-4-20(16-10-11-16)13-17(12-18,19-14(2)3)15-8-6-5-7-9-15/h5-9,14,16,19H,4,10-11,13H2,1-3H3. The summed E-state index contributed by atoms with van der Waals surface area (Å²) in [7, 11) is 0. The van der Waals surface area contributed by atoms with Gasteiger partial charge in [-0.3, -0.25) is 10.2 Å². The summed E-state index contributed by atoms with van der Waals surface area (Å²) < 4.78 is 0. The Hall–Kier alpha value is -1.37. The highest BCUT2D eigenvalue weighted by Crippen LogP contribution is 2.31. The van der Waals surface area contributed by atoms with Crippen molar-refractivity contribution in [3.8, 4) is 6.07 Å². The first-order valence-corrected chi connectivity index (χ1v) is 7.60. The topological polar surface area (TPSA) is 39.1 Å². The van der Waals surface area contributed by atoms with Crippen LogP contribution < -0.4 is 5.32 Å². The van der Waals surface area contributed by atoms with Gasteiger partial charge in [0.15, 0.2) is 0 Å². The molecule has 3 heteroatoms. The van der Waals surface area contributed by atoms with Crippen LogP contribution in [0.15, 0.2) is 30.3 Å². The maximum atomic E-state index is 9.89. The molecule has 1 aromatic rings. The summed E-state index contributed by atoms with van der Waals surface area (Å²) in [4.78, 5) is 2.44. The van der Waals surface area contributed by atoms with E-state index in [0.29, 0.717) is 6.04 Å². The second-order valence-electron chi connectivity index (χ2n) is 5.98. The molecule has 2 rings (SSSR count). The SMILES string of the molecule is CCN(CC(C#N)(NC(C)C)c1ccccc1)C1CC1. The maximum Gasteiger partial charge on any atom is 0.145 e. The normalized spacial score (nSPS) is 18.0. The molecule has 3 nitrogen and oxygen atoms in total. The highest BCUT2D eigenvalue weighted by atomic mass is 15.2. The molecule has 20 heavy (non-hydrogen) atoms. The first kappa shape index (κ1) is 15.0. The number of benzene rings is 1. The Labute approximate surface area is 122 Å². The highest BCUT2D eigenvalue weighted by Gasteiger charge is 2.38. The van der Waals surface area contributed by atoms with Crippen molar-refractivity contribution in [3.63, 3.8) is 0 Å². The van der Waals surface area contributed by atoms with E-state index < -0.39 is 5.54 Å². The summed E-state index contributed by atoms with van der Waals surface area (Å²) in [5, 5.41) is 13.4. The number of nitriles is 1. The van der Waals surface area contributed by atoms with E-state index in [1.807, 2.05) is 18.2 Å². The van der Waals surface area contributed by atoms with Gasteiger partial charge in [0.1, 0.15) is 5.54 Å². The molecule has 0 radical (unpaired) electrons. The largest absolute Gasteiger partial charge is 0.297 e.